The van der Waals surface area contributed by atoms with Crippen molar-refractivity contribution in [1.29, 1.82) is 0 Å². The lowest BCUT2D eigenvalue weighted by molar-refractivity contribution is -0.119. The number of rotatable bonds is 9. The van der Waals surface area contributed by atoms with Gasteiger partial charge in [0.05, 0.1) is 17.1 Å². The van der Waals surface area contributed by atoms with Crippen molar-refractivity contribution in [3.05, 3.63) is 53.7 Å². The van der Waals surface area contributed by atoms with E-state index in [0.717, 1.165) is 10.9 Å². The van der Waals surface area contributed by atoms with E-state index in [-0.39, 0.29) is 29.1 Å². The molecule has 178 valence electrons. The van der Waals surface area contributed by atoms with Gasteiger partial charge < -0.3 is 24.3 Å². The number of carbonyl (C=O) groups excluding carboxylic acids is 1. The number of benzene rings is 2. The van der Waals surface area contributed by atoms with Crippen LogP contribution >= 0.6 is 11.6 Å². The van der Waals surface area contributed by atoms with Crippen molar-refractivity contribution >= 4 is 28.4 Å². The van der Waals surface area contributed by atoms with E-state index >= 15 is 0 Å². The molecule has 0 saturated heterocycles. The van der Waals surface area contributed by atoms with Crippen LogP contribution in [0.1, 0.15) is 13.2 Å². The van der Waals surface area contributed by atoms with Gasteiger partial charge in [0.1, 0.15) is 25.3 Å². The van der Waals surface area contributed by atoms with Crippen LogP contribution in [0.3, 0.4) is 0 Å². The largest absolute Gasteiger partial charge is 0.483 e. The summed E-state index contributed by atoms with van der Waals surface area (Å²) in [6.07, 6.45) is -0.458. The van der Waals surface area contributed by atoms with Gasteiger partial charge in [0.25, 0.3) is 5.89 Å². The highest BCUT2D eigenvalue weighted by Gasteiger charge is 2.18. The van der Waals surface area contributed by atoms with Gasteiger partial charge in [-0.3, -0.25) is 4.79 Å². The Hall–Kier alpha value is -3.50. The molecule has 1 amide bonds. The number of aromatic nitrogens is 3. The molecular weight excluding hydrogens is 470 g/mol. The highest BCUT2D eigenvalue weighted by atomic mass is 35.5. The van der Waals surface area contributed by atoms with E-state index in [1.165, 1.54) is 19.1 Å². The fourth-order valence-corrected chi connectivity index (χ4v) is 3.67. The summed E-state index contributed by atoms with van der Waals surface area (Å²) in [4.78, 5) is 15.6. The Balaban J connectivity index is 1.60. The van der Waals surface area contributed by atoms with Crippen LogP contribution in [0.5, 0.6) is 5.75 Å². The first-order valence-corrected chi connectivity index (χ1v) is 10.7. The van der Waals surface area contributed by atoms with Crippen LogP contribution in [0.4, 0.5) is 8.78 Å². The third-order valence-corrected chi connectivity index (χ3v) is 5.40. The van der Waals surface area contributed by atoms with Crippen LogP contribution in [0.25, 0.3) is 33.7 Å². The van der Waals surface area contributed by atoms with Gasteiger partial charge in [-0.1, -0.05) is 28.9 Å². The van der Waals surface area contributed by atoms with Crippen LogP contribution in [-0.2, 0) is 4.79 Å². The van der Waals surface area contributed by atoms with Crippen molar-refractivity contribution in [2.75, 3.05) is 19.9 Å². The zero-order valence-corrected chi connectivity index (χ0v) is 18.8. The quantitative estimate of drug-likeness (QED) is 0.362. The van der Waals surface area contributed by atoms with Crippen molar-refractivity contribution < 1.29 is 27.9 Å². The smallest absolute Gasteiger partial charge is 0.258 e. The molecular formula is C23H21ClF2N4O4. The molecule has 0 bridgehead atoms. The summed E-state index contributed by atoms with van der Waals surface area (Å²) in [5.41, 5.74) is 1.91. The van der Waals surface area contributed by atoms with Crippen molar-refractivity contribution in [2.24, 2.45) is 0 Å². The van der Waals surface area contributed by atoms with Crippen LogP contribution in [0, 0.1) is 0 Å². The molecule has 0 aliphatic carbocycles. The fourth-order valence-electron chi connectivity index (χ4n) is 3.44. The molecule has 2 N–H and O–H groups in total. The molecule has 0 fully saturated rings. The molecule has 0 spiro atoms. The number of aliphatic hydroxyl groups is 1. The number of carbonyl (C=O) groups is 1. The molecule has 2 aromatic carbocycles. The topological polar surface area (TPSA) is 102 Å². The number of halogens is 3. The maximum atomic E-state index is 12.7. The monoisotopic (exact) mass is 490 g/mol. The Labute approximate surface area is 198 Å². The van der Waals surface area contributed by atoms with Crippen LogP contribution in [-0.4, -0.2) is 51.7 Å². The molecule has 2 heterocycles. The Bertz CT molecular complexity index is 1310. The average molecular weight is 491 g/mol. The lowest BCUT2D eigenvalue weighted by atomic mass is 10.1. The maximum absolute atomic E-state index is 12.7. The van der Waals surface area contributed by atoms with Crippen LogP contribution in [0.15, 0.2) is 53.2 Å². The summed E-state index contributed by atoms with van der Waals surface area (Å²) in [6, 6.07) is 11.9. The molecule has 0 aliphatic heterocycles. The summed E-state index contributed by atoms with van der Waals surface area (Å²) < 4.78 is 37.7. The predicted octanol–water partition coefficient (Wildman–Crippen LogP) is 4.33. The third kappa shape index (κ3) is 4.87. The number of nitrogens with zero attached hydrogens (tertiary/aromatic N) is 3. The molecule has 2 aromatic heterocycles. The lowest BCUT2D eigenvalue weighted by Gasteiger charge is -2.14. The van der Waals surface area contributed by atoms with Crippen LogP contribution in [0.2, 0.25) is 5.02 Å². The van der Waals surface area contributed by atoms with Gasteiger partial charge in [-0.2, -0.15) is 4.98 Å². The second-order valence-corrected chi connectivity index (χ2v) is 7.90. The Kier molecular flexibility index (Phi) is 7.09. The van der Waals surface area contributed by atoms with E-state index < -0.39 is 25.7 Å². The second-order valence-electron chi connectivity index (χ2n) is 7.50. The summed E-state index contributed by atoms with van der Waals surface area (Å²) in [6.45, 7) is -0.503. The van der Waals surface area contributed by atoms with Gasteiger partial charge in [0, 0.05) is 29.6 Å². The summed E-state index contributed by atoms with van der Waals surface area (Å²) in [5, 5.41) is 18.0. The number of ether oxygens (including phenoxy) is 1. The van der Waals surface area contributed by atoms with Crippen molar-refractivity contribution in [3.63, 3.8) is 0 Å². The first kappa shape index (κ1) is 23.7. The SMILES string of the molecule is CC(=O)NCC(O)n1ccc2c(-c3noc(-c4ccc(OC(CF)CF)c(Cl)c4)n3)cccc21. The molecule has 34 heavy (non-hydrogen) atoms. The van der Waals surface area contributed by atoms with Crippen molar-refractivity contribution in [3.8, 4) is 28.6 Å². The van der Waals surface area contributed by atoms with Crippen molar-refractivity contribution in [1.82, 2.24) is 20.0 Å². The van der Waals surface area contributed by atoms with Gasteiger partial charge in [-0.15, -0.1) is 0 Å². The zero-order valence-electron chi connectivity index (χ0n) is 18.0. The van der Waals surface area contributed by atoms with E-state index in [1.807, 2.05) is 18.2 Å². The van der Waals surface area contributed by atoms with E-state index in [2.05, 4.69) is 15.5 Å². The van der Waals surface area contributed by atoms with E-state index in [0.29, 0.717) is 17.0 Å². The number of aliphatic hydroxyl groups excluding tert-OH is 1. The molecule has 1 unspecified atom stereocenters. The minimum absolute atomic E-state index is 0.0631. The molecule has 0 radical (unpaired) electrons. The van der Waals surface area contributed by atoms with Gasteiger partial charge in [0.15, 0.2) is 6.10 Å². The number of hydrogen-bond donors (Lipinski definition) is 2. The summed E-state index contributed by atoms with van der Waals surface area (Å²) in [7, 11) is 0. The fraction of sp³-hybridized carbons (Fsp3) is 0.261. The first-order valence-electron chi connectivity index (χ1n) is 10.4. The Morgan fingerprint density at radius 3 is 2.76 bits per heavy atom. The molecule has 8 nitrogen and oxygen atoms in total. The van der Waals surface area contributed by atoms with E-state index in [9.17, 15) is 18.7 Å². The first-order chi connectivity index (χ1) is 16.4. The van der Waals surface area contributed by atoms with E-state index in [4.69, 9.17) is 20.9 Å². The predicted molar refractivity (Wildman–Crippen MR) is 122 cm³/mol. The molecule has 0 aliphatic rings. The van der Waals surface area contributed by atoms with E-state index in [1.54, 1.807) is 22.9 Å². The number of amides is 1. The van der Waals surface area contributed by atoms with Gasteiger partial charge in [-0.05, 0) is 30.3 Å². The van der Waals surface area contributed by atoms with Gasteiger partial charge in [0.2, 0.25) is 11.7 Å². The molecule has 4 aromatic rings. The highest BCUT2D eigenvalue weighted by molar-refractivity contribution is 6.32. The highest BCUT2D eigenvalue weighted by Crippen LogP contribution is 2.33. The summed E-state index contributed by atoms with van der Waals surface area (Å²) in [5.74, 6) is 0.424. The minimum atomic E-state index is -1.22. The Morgan fingerprint density at radius 2 is 2.06 bits per heavy atom. The van der Waals surface area contributed by atoms with Crippen LogP contribution < -0.4 is 10.1 Å². The standard InChI is InChI=1S/C23H21ClF2N4O4/c1-13(31)27-12-21(32)30-8-7-16-17(3-2-4-19(16)30)22-28-23(34-29-22)14-5-6-20(18(24)9-14)33-15(10-25)11-26/h2-9,15,21,32H,10-12H2,1H3,(H,27,31). The zero-order chi connectivity index (χ0) is 24.2. The average Bonchev–Trinajstić information content (AvgIpc) is 3.49. The normalized spacial score (nSPS) is 12.3. The number of hydrogen-bond acceptors (Lipinski definition) is 6. The lowest BCUT2D eigenvalue weighted by Crippen LogP contribution is -2.28. The Morgan fingerprint density at radius 1 is 1.26 bits per heavy atom. The number of fused-ring (bicyclic) bond motifs is 1. The van der Waals surface area contributed by atoms with Crippen molar-refractivity contribution in [2.45, 2.75) is 19.3 Å². The van der Waals surface area contributed by atoms with Gasteiger partial charge in [-0.25, -0.2) is 8.78 Å². The summed E-state index contributed by atoms with van der Waals surface area (Å²) >= 11 is 6.20. The second kappa shape index (κ2) is 10.2. The number of alkyl halides is 2. The van der Waals surface area contributed by atoms with Gasteiger partial charge >= 0.3 is 0 Å². The third-order valence-electron chi connectivity index (χ3n) is 5.10. The maximum Gasteiger partial charge on any atom is 0.258 e. The molecule has 1 atom stereocenters. The molecule has 11 heteroatoms. The molecule has 0 saturated carbocycles. The molecule has 4 rings (SSSR count). The number of nitrogens with one attached hydrogen (secondary N) is 1. The minimum Gasteiger partial charge on any atom is -0.483 e.